The van der Waals surface area contributed by atoms with Gasteiger partial charge >= 0.3 is 0 Å². The van der Waals surface area contributed by atoms with Crippen molar-refractivity contribution in [2.45, 2.75) is 13.0 Å². The molecule has 0 aliphatic rings. The first-order valence-corrected chi connectivity index (χ1v) is 7.71. The van der Waals surface area contributed by atoms with E-state index >= 15 is 0 Å². The molecule has 0 aliphatic heterocycles. The average molecular weight is 304 g/mol. The number of thiophene rings is 1. The minimum Gasteiger partial charge on any atom is -0.462 e. The maximum Gasteiger partial charge on any atom is 0.244 e. The molecule has 2 rings (SSSR count). The molecule has 112 valence electrons. The Bertz CT molecular complexity index is 600. The van der Waals surface area contributed by atoms with Crippen LogP contribution in [0, 0.1) is 6.92 Å². The molecule has 21 heavy (non-hydrogen) atoms. The van der Waals surface area contributed by atoms with E-state index in [2.05, 4.69) is 21.7 Å². The minimum absolute atomic E-state index is 0.119. The van der Waals surface area contributed by atoms with Gasteiger partial charge in [-0.05, 0) is 61.6 Å². The highest BCUT2D eigenvalue weighted by Gasteiger charge is 2.14. The average Bonchev–Trinajstić information content (AvgIpc) is 3.08. The molecule has 5 heteroatoms. The maximum absolute atomic E-state index is 11.9. The van der Waals surface area contributed by atoms with E-state index in [1.165, 1.54) is 11.6 Å². The molecule has 0 saturated carbocycles. The smallest absolute Gasteiger partial charge is 0.244 e. The summed E-state index contributed by atoms with van der Waals surface area (Å²) < 4.78 is 5.38. The van der Waals surface area contributed by atoms with Crippen molar-refractivity contribution < 1.29 is 9.21 Å². The zero-order chi connectivity index (χ0) is 15.2. The van der Waals surface area contributed by atoms with Crippen LogP contribution < -0.4 is 5.32 Å². The van der Waals surface area contributed by atoms with Gasteiger partial charge in [0.1, 0.15) is 11.5 Å². The first-order valence-electron chi connectivity index (χ1n) is 6.77. The first kappa shape index (κ1) is 15.5. The lowest BCUT2D eigenvalue weighted by atomic mass is 10.1. The lowest BCUT2D eigenvalue weighted by molar-refractivity contribution is -0.116. The fraction of sp³-hybridized carbons (Fsp3) is 0.312. The Morgan fingerprint density at radius 2 is 2.24 bits per heavy atom. The van der Waals surface area contributed by atoms with Gasteiger partial charge in [-0.3, -0.25) is 4.79 Å². The van der Waals surface area contributed by atoms with E-state index in [0.717, 1.165) is 5.76 Å². The van der Waals surface area contributed by atoms with Gasteiger partial charge in [0.25, 0.3) is 0 Å². The third kappa shape index (κ3) is 4.58. The standard InChI is InChI=1S/C16H20N2O2S/c1-12-4-5-14(20-12)6-7-16(19)17-10-15(18(2)3)13-8-9-21-11-13/h4-9,11,15H,10H2,1-3H3,(H,17,19)/b7-6+/t15-/m1/s1. The normalized spacial score (nSPS) is 13.0. The number of nitrogens with zero attached hydrogens (tertiary/aromatic N) is 1. The van der Waals surface area contributed by atoms with Crippen LogP contribution in [0.3, 0.4) is 0 Å². The van der Waals surface area contributed by atoms with E-state index in [0.29, 0.717) is 12.3 Å². The van der Waals surface area contributed by atoms with Crippen molar-refractivity contribution in [3.63, 3.8) is 0 Å². The lowest BCUT2D eigenvalue weighted by Crippen LogP contribution is -2.33. The predicted molar refractivity (Wildman–Crippen MR) is 86.2 cm³/mol. The fourth-order valence-corrected chi connectivity index (χ4v) is 2.73. The molecule has 0 radical (unpaired) electrons. The summed E-state index contributed by atoms with van der Waals surface area (Å²) in [5.74, 6) is 1.40. The van der Waals surface area contributed by atoms with E-state index in [1.54, 1.807) is 17.4 Å². The Kier molecular flexibility index (Phi) is 5.36. The van der Waals surface area contributed by atoms with Crippen molar-refractivity contribution in [1.29, 1.82) is 0 Å². The summed E-state index contributed by atoms with van der Waals surface area (Å²) in [5.41, 5.74) is 1.22. The Labute approximate surface area is 129 Å². The summed E-state index contributed by atoms with van der Waals surface area (Å²) in [4.78, 5) is 14.0. The molecule has 0 fully saturated rings. The van der Waals surface area contributed by atoms with Gasteiger partial charge in [0.05, 0.1) is 6.04 Å². The number of aryl methyl sites for hydroxylation is 1. The quantitative estimate of drug-likeness (QED) is 0.834. The van der Waals surface area contributed by atoms with Gasteiger partial charge in [0.15, 0.2) is 0 Å². The molecular weight excluding hydrogens is 284 g/mol. The second-order valence-corrected chi connectivity index (χ2v) is 5.84. The molecule has 0 saturated heterocycles. The van der Waals surface area contributed by atoms with Crippen LogP contribution in [0.5, 0.6) is 0 Å². The summed E-state index contributed by atoms with van der Waals surface area (Å²) in [6.45, 7) is 2.45. The molecular formula is C16H20N2O2S. The van der Waals surface area contributed by atoms with E-state index in [4.69, 9.17) is 4.42 Å². The second-order valence-electron chi connectivity index (χ2n) is 5.06. The molecule has 0 bridgehead atoms. The van der Waals surface area contributed by atoms with Crippen LogP contribution in [0.2, 0.25) is 0 Å². The Morgan fingerprint density at radius 3 is 2.81 bits per heavy atom. The molecule has 0 spiro atoms. The predicted octanol–water partition coefficient (Wildman–Crippen LogP) is 3.08. The second kappa shape index (κ2) is 7.24. The summed E-state index contributed by atoms with van der Waals surface area (Å²) in [6, 6.07) is 5.98. The first-order chi connectivity index (χ1) is 10.1. The number of hydrogen-bond donors (Lipinski definition) is 1. The third-order valence-electron chi connectivity index (χ3n) is 3.18. The van der Waals surface area contributed by atoms with E-state index < -0.39 is 0 Å². The van der Waals surface area contributed by atoms with Crippen LogP contribution in [0.1, 0.15) is 23.1 Å². The topological polar surface area (TPSA) is 45.5 Å². The van der Waals surface area contributed by atoms with Crippen molar-refractivity contribution in [3.05, 3.63) is 52.1 Å². The molecule has 2 heterocycles. The zero-order valence-electron chi connectivity index (χ0n) is 12.5. The summed E-state index contributed by atoms with van der Waals surface area (Å²) in [5, 5.41) is 7.08. The van der Waals surface area contributed by atoms with Crippen molar-refractivity contribution >= 4 is 23.3 Å². The summed E-state index contributed by atoms with van der Waals surface area (Å²) in [6.07, 6.45) is 3.18. The van der Waals surface area contributed by atoms with Crippen LogP contribution >= 0.6 is 11.3 Å². The van der Waals surface area contributed by atoms with Gasteiger partial charge in [0.2, 0.25) is 5.91 Å². The third-order valence-corrected chi connectivity index (χ3v) is 3.88. The van der Waals surface area contributed by atoms with Crippen LogP contribution in [0.25, 0.3) is 6.08 Å². The Hall–Kier alpha value is -1.85. The number of carbonyl (C=O) groups excluding carboxylic acids is 1. The molecule has 0 unspecified atom stereocenters. The van der Waals surface area contributed by atoms with E-state index in [1.807, 2.05) is 38.5 Å². The van der Waals surface area contributed by atoms with Crippen molar-refractivity contribution in [3.8, 4) is 0 Å². The van der Waals surface area contributed by atoms with Crippen molar-refractivity contribution in [1.82, 2.24) is 10.2 Å². The monoisotopic (exact) mass is 304 g/mol. The fourth-order valence-electron chi connectivity index (χ4n) is 2.02. The molecule has 2 aromatic rings. The highest BCUT2D eigenvalue weighted by molar-refractivity contribution is 7.07. The zero-order valence-corrected chi connectivity index (χ0v) is 13.3. The maximum atomic E-state index is 11.9. The highest BCUT2D eigenvalue weighted by atomic mass is 32.1. The number of nitrogens with one attached hydrogen (secondary N) is 1. The van der Waals surface area contributed by atoms with Gasteiger partial charge in [-0.25, -0.2) is 0 Å². The number of furan rings is 1. The number of carbonyl (C=O) groups is 1. The Morgan fingerprint density at radius 1 is 1.43 bits per heavy atom. The number of likely N-dealkylation sites (N-methyl/N-ethyl adjacent to an activating group) is 1. The Balaban J connectivity index is 1.89. The van der Waals surface area contributed by atoms with Gasteiger partial charge in [-0.15, -0.1) is 0 Å². The molecule has 4 nitrogen and oxygen atoms in total. The van der Waals surface area contributed by atoms with Gasteiger partial charge < -0.3 is 14.6 Å². The van der Waals surface area contributed by atoms with Crippen LogP contribution in [-0.4, -0.2) is 31.4 Å². The number of rotatable bonds is 6. The number of amides is 1. The van der Waals surface area contributed by atoms with Crippen LogP contribution in [0.15, 0.2) is 39.5 Å². The van der Waals surface area contributed by atoms with Crippen LogP contribution in [-0.2, 0) is 4.79 Å². The van der Waals surface area contributed by atoms with E-state index in [9.17, 15) is 4.79 Å². The lowest BCUT2D eigenvalue weighted by Gasteiger charge is -2.23. The molecule has 2 aromatic heterocycles. The summed E-state index contributed by atoms with van der Waals surface area (Å²) >= 11 is 1.66. The van der Waals surface area contributed by atoms with Gasteiger partial charge in [-0.1, -0.05) is 0 Å². The van der Waals surface area contributed by atoms with Crippen LogP contribution in [0.4, 0.5) is 0 Å². The minimum atomic E-state index is -0.119. The summed E-state index contributed by atoms with van der Waals surface area (Å²) in [7, 11) is 4.02. The van der Waals surface area contributed by atoms with Crippen molar-refractivity contribution in [2.75, 3.05) is 20.6 Å². The van der Waals surface area contributed by atoms with Gasteiger partial charge in [0, 0.05) is 12.6 Å². The molecule has 0 aromatic carbocycles. The molecule has 1 N–H and O–H groups in total. The molecule has 1 atom stereocenters. The number of hydrogen-bond acceptors (Lipinski definition) is 4. The molecule has 0 aliphatic carbocycles. The van der Waals surface area contributed by atoms with Gasteiger partial charge in [-0.2, -0.15) is 11.3 Å². The largest absolute Gasteiger partial charge is 0.462 e. The van der Waals surface area contributed by atoms with E-state index in [-0.39, 0.29) is 11.9 Å². The molecule has 1 amide bonds. The van der Waals surface area contributed by atoms with Crippen molar-refractivity contribution in [2.24, 2.45) is 0 Å². The highest BCUT2D eigenvalue weighted by Crippen LogP contribution is 2.19. The SMILES string of the molecule is Cc1ccc(/C=C/C(=O)NC[C@H](c2ccsc2)N(C)C)o1.